The average Bonchev–Trinajstić information content (AvgIpc) is 2.89. The minimum absolute atomic E-state index is 0.580. The third kappa shape index (κ3) is 1.51. The van der Waals surface area contributed by atoms with Crippen molar-refractivity contribution in [3.8, 4) is 0 Å². The molecule has 1 saturated carbocycles. The Kier molecular flexibility index (Phi) is 2.19. The van der Waals surface area contributed by atoms with Crippen molar-refractivity contribution in [2.45, 2.75) is 37.5 Å². The van der Waals surface area contributed by atoms with Crippen LogP contribution in [-0.2, 0) is 0 Å². The van der Waals surface area contributed by atoms with Crippen molar-refractivity contribution in [3.05, 3.63) is 10.8 Å². The van der Waals surface area contributed by atoms with Gasteiger partial charge in [0.15, 0.2) is 5.82 Å². The first-order valence-corrected chi connectivity index (χ1v) is 7.16. The van der Waals surface area contributed by atoms with Crippen LogP contribution in [0.5, 0.6) is 0 Å². The van der Waals surface area contributed by atoms with E-state index in [1.165, 1.54) is 30.7 Å². The first-order valence-electron chi connectivity index (χ1n) is 6.34. The maximum atomic E-state index is 4.73. The highest BCUT2D eigenvalue weighted by Crippen LogP contribution is 2.36. The van der Waals surface area contributed by atoms with Gasteiger partial charge >= 0.3 is 0 Å². The molecule has 2 aromatic rings. The summed E-state index contributed by atoms with van der Waals surface area (Å²) in [7, 11) is 0. The Labute approximate surface area is 103 Å². The zero-order valence-electron chi connectivity index (χ0n) is 9.59. The van der Waals surface area contributed by atoms with Crippen molar-refractivity contribution >= 4 is 16.3 Å². The lowest BCUT2D eigenvalue weighted by Crippen LogP contribution is -2.13. The molecular formula is C11H15N5S. The van der Waals surface area contributed by atoms with Gasteiger partial charge < -0.3 is 5.32 Å². The van der Waals surface area contributed by atoms with Gasteiger partial charge in [-0.15, -0.1) is 10.2 Å². The molecule has 6 heteroatoms. The van der Waals surface area contributed by atoms with Gasteiger partial charge in [0.25, 0.3) is 0 Å². The molecule has 2 fully saturated rings. The fourth-order valence-corrected chi connectivity index (χ4v) is 3.58. The van der Waals surface area contributed by atoms with Crippen molar-refractivity contribution in [1.82, 2.24) is 25.1 Å². The Bertz CT molecular complexity index is 535. The molecule has 1 aliphatic carbocycles. The zero-order chi connectivity index (χ0) is 11.2. The van der Waals surface area contributed by atoms with Crippen molar-refractivity contribution in [1.29, 1.82) is 0 Å². The van der Waals surface area contributed by atoms with E-state index in [1.54, 1.807) is 11.3 Å². The number of nitrogens with one attached hydrogen (secondary N) is 1. The topological polar surface area (TPSA) is 55.1 Å². The van der Waals surface area contributed by atoms with Crippen LogP contribution < -0.4 is 5.32 Å². The van der Waals surface area contributed by atoms with Gasteiger partial charge in [0.05, 0.1) is 0 Å². The summed E-state index contributed by atoms with van der Waals surface area (Å²) in [4.78, 5) is 0.966. The van der Waals surface area contributed by atoms with E-state index in [2.05, 4.69) is 15.5 Å². The molecule has 0 aromatic carbocycles. The van der Waals surface area contributed by atoms with Crippen LogP contribution in [0.2, 0.25) is 0 Å². The summed E-state index contributed by atoms with van der Waals surface area (Å²) in [5.41, 5.74) is 0. The van der Waals surface area contributed by atoms with Crippen molar-refractivity contribution in [2.75, 3.05) is 13.1 Å². The SMILES string of the molecule is C1CC(c2nnc3sc(C4CCNC4)nn23)C1. The van der Waals surface area contributed by atoms with E-state index in [9.17, 15) is 0 Å². The van der Waals surface area contributed by atoms with Crippen LogP contribution in [-0.4, -0.2) is 32.9 Å². The molecule has 3 heterocycles. The molecule has 1 atom stereocenters. The Morgan fingerprint density at radius 1 is 1.18 bits per heavy atom. The van der Waals surface area contributed by atoms with Crippen LogP contribution in [0, 0.1) is 0 Å². The molecule has 2 aliphatic rings. The largest absolute Gasteiger partial charge is 0.316 e. The predicted octanol–water partition coefficient (Wildman–Crippen LogP) is 1.53. The Morgan fingerprint density at radius 3 is 2.82 bits per heavy atom. The smallest absolute Gasteiger partial charge is 0.234 e. The second-order valence-corrected chi connectivity index (χ2v) is 6.00. The van der Waals surface area contributed by atoms with E-state index in [1.807, 2.05) is 4.52 Å². The third-order valence-corrected chi connectivity index (χ3v) is 4.97. The van der Waals surface area contributed by atoms with Crippen LogP contribution in [0.1, 0.15) is 48.4 Å². The van der Waals surface area contributed by atoms with E-state index in [0.717, 1.165) is 23.9 Å². The minimum atomic E-state index is 0.580. The number of aromatic nitrogens is 4. The Balaban J connectivity index is 1.73. The number of rotatable bonds is 2. The Hall–Kier alpha value is -1.01. The van der Waals surface area contributed by atoms with Crippen LogP contribution >= 0.6 is 11.3 Å². The molecule has 0 amide bonds. The van der Waals surface area contributed by atoms with E-state index >= 15 is 0 Å². The molecule has 1 aliphatic heterocycles. The van der Waals surface area contributed by atoms with E-state index in [4.69, 9.17) is 5.10 Å². The van der Waals surface area contributed by atoms with Crippen molar-refractivity contribution < 1.29 is 0 Å². The lowest BCUT2D eigenvalue weighted by molar-refractivity contribution is 0.394. The monoisotopic (exact) mass is 249 g/mol. The van der Waals surface area contributed by atoms with Crippen LogP contribution in [0.3, 0.4) is 0 Å². The molecule has 0 spiro atoms. The molecule has 0 radical (unpaired) electrons. The van der Waals surface area contributed by atoms with Crippen molar-refractivity contribution in [3.63, 3.8) is 0 Å². The number of nitrogens with zero attached hydrogens (tertiary/aromatic N) is 4. The summed E-state index contributed by atoms with van der Waals surface area (Å²) < 4.78 is 1.99. The van der Waals surface area contributed by atoms with Gasteiger partial charge in [-0.05, 0) is 25.8 Å². The third-order valence-electron chi connectivity index (χ3n) is 3.91. The summed E-state index contributed by atoms with van der Waals surface area (Å²) in [5, 5.41) is 17.9. The van der Waals surface area contributed by atoms with Crippen molar-refractivity contribution in [2.24, 2.45) is 0 Å². The highest BCUT2D eigenvalue weighted by atomic mass is 32.1. The van der Waals surface area contributed by atoms with Gasteiger partial charge in [0.2, 0.25) is 4.96 Å². The molecule has 5 nitrogen and oxygen atoms in total. The van der Waals surface area contributed by atoms with Gasteiger partial charge in [-0.1, -0.05) is 17.8 Å². The first kappa shape index (κ1) is 9.96. The summed E-state index contributed by atoms with van der Waals surface area (Å²) in [6.07, 6.45) is 5.02. The molecule has 4 rings (SSSR count). The molecule has 90 valence electrons. The van der Waals surface area contributed by atoms with Gasteiger partial charge in [0, 0.05) is 18.4 Å². The second kappa shape index (κ2) is 3.74. The normalized spacial score (nSPS) is 25.5. The number of hydrogen-bond acceptors (Lipinski definition) is 5. The molecule has 1 saturated heterocycles. The highest BCUT2D eigenvalue weighted by molar-refractivity contribution is 7.16. The molecule has 17 heavy (non-hydrogen) atoms. The quantitative estimate of drug-likeness (QED) is 0.877. The summed E-state index contributed by atoms with van der Waals surface area (Å²) >= 11 is 1.71. The van der Waals surface area contributed by atoms with Gasteiger partial charge in [-0.25, -0.2) is 0 Å². The number of hydrogen-bond donors (Lipinski definition) is 1. The molecule has 1 N–H and O–H groups in total. The number of fused-ring (bicyclic) bond motifs is 1. The Morgan fingerprint density at radius 2 is 2.12 bits per heavy atom. The van der Waals surface area contributed by atoms with Crippen LogP contribution in [0.15, 0.2) is 0 Å². The molecule has 2 aromatic heterocycles. The van der Waals surface area contributed by atoms with Crippen LogP contribution in [0.4, 0.5) is 0 Å². The fraction of sp³-hybridized carbons (Fsp3) is 0.727. The maximum absolute atomic E-state index is 4.73. The minimum Gasteiger partial charge on any atom is -0.316 e. The standard InChI is InChI=1S/C11H15N5S/c1-2-7(3-1)9-13-14-11-16(9)15-10(17-11)8-4-5-12-6-8/h7-8,12H,1-6H2. The summed E-state index contributed by atoms with van der Waals surface area (Å²) in [6.45, 7) is 2.17. The lowest BCUT2D eigenvalue weighted by atomic mass is 9.85. The lowest BCUT2D eigenvalue weighted by Gasteiger charge is -2.22. The van der Waals surface area contributed by atoms with E-state index in [-0.39, 0.29) is 0 Å². The average molecular weight is 249 g/mol. The summed E-state index contributed by atoms with van der Waals surface area (Å²) in [6, 6.07) is 0. The van der Waals surface area contributed by atoms with E-state index in [0.29, 0.717) is 11.8 Å². The van der Waals surface area contributed by atoms with Gasteiger partial charge in [-0.3, -0.25) is 0 Å². The summed E-state index contributed by atoms with van der Waals surface area (Å²) in [5.74, 6) is 2.26. The first-order chi connectivity index (χ1) is 8.42. The second-order valence-electron chi connectivity index (χ2n) is 5.01. The predicted molar refractivity (Wildman–Crippen MR) is 65.5 cm³/mol. The van der Waals surface area contributed by atoms with E-state index < -0.39 is 0 Å². The molecule has 0 bridgehead atoms. The van der Waals surface area contributed by atoms with Gasteiger partial charge in [0.1, 0.15) is 5.01 Å². The fourth-order valence-electron chi connectivity index (χ4n) is 2.60. The molecule has 1 unspecified atom stereocenters. The van der Waals surface area contributed by atoms with Crippen LogP contribution in [0.25, 0.3) is 4.96 Å². The molecular weight excluding hydrogens is 234 g/mol. The maximum Gasteiger partial charge on any atom is 0.234 e. The van der Waals surface area contributed by atoms with Gasteiger partial charge in [-0.2, -0.15) is 9.61 Å². The highest BCUT2D eigenvalue weighted by Gasteiger charge is 2.28. The zero-order valence-corrected chi connectivity index (χ0v) is 10.4.